The zero-order valence-electron chi connectivity index (χ0n) is 87.9. The van der Waals surface area contributed by atoms with Crippen molar-refractivity contribution in [1.29, 1.82) is 0 Å². The van der Waals surface area contributed by atoms with Crippen LogP contribution in [-0.4, -0.2) is 34.2 Å². The van der Waals surface area contributed by atoms with Gasteiger partial charge in [-0.2, -0.15) is 18.3 Å². The number of benzene rings is 16. The fraction of sp³-hybridized carbons (Fsp3) is 0.176. The number of halogens is 2. The van der Waals surface area contributed by atoms with Crippen molar-refractivity contribution in [3.8, 4) is 191 Å². The molecule has 0 N–H and O–H groups in total. The summed E-state index contributed by atoms with van der Waals surface area (Å²) in [6, 6.07) is 122. The van der Waals surface area contributed by atoms with Gasteiger partial charge in [0.2, 0.25) is 22.8 Å². The van der Waals surface area contributed by atoms with Crippen molar-refractivity contribution in [2.75, 3.05) is 14.2 Å². The summed E-state index contributed by atoms with van der Waals surface area (Å²) in [5, 5.41) is 0. The number of aryl methyl sites for hydroxylation is 10. The minimum atomic E-state index is -0.285. The van der Waals surface area contributed by atoms with Crippen LogP contribution in [0.3, 0.4) is 0 Å². The first kappa shape index (κ1) is 97.4. The Morgan fingerprint density at radius 1 is 0.209 bits per heavy atom. The van der Waals surface area contributed by atoms with Crippen molar-refractivity contribution >= 4 is 0 Å². The molecule has 4 aliphatic rings. The summed E-state index contributed by atoms with van der Waals surface area (Å²) >= 11 is 0. The Bertz CT molecular complexity index is 8420. The van der Waals surface area contributed by atoms with Crippen LogP contribution in [0.25, 0.3) is 180 Å². The van der Waals surface area contributed by atoms with Gasteiger partial charge in [-0.25, -0.2) is 28.7 Å². The van der Waals surface area contributed by atoms with Gasteiger partial charge in [0, 0.05) is 66.2 Å². The highest BCUT2D eigenvalue weighted by molar-refractivity contribution is 5.92. The van der Waals surface area contributed by atoms with Crippen LogP contribution in [0.4, 0.5) is 8.78 Å². The highest BCUT2D eigenvalue weighted by Gasteiger charge is 2.42. The van der Waals surface area contributed by atoms with Gasteiger partial charge in [0.25, 0.3) is 0 Å². The number of ether oxygens (including phenoxy) is 2. The number of hydrogen-bond donors (Lipinski definition) is 0. The number of aromatic nitrogens is 8. The van der Waals surface area contributed by atoms with Gasteiger partial charge in [0.15, 0.2) is 24.8 Å². The fourth-order valence-electron chi connectivity index (χ4n) is 23.1. The SMILES string of the molecule is COc1ccc(-c2c[n+](C)c(-c3ccc(OC)cc3C)c(-c3ccc4c(c3)C(C)(C)c3ccccc3-4)n2)cc1.Cc1cc(F)ccc1-c1c(-c2ccc3c(c2)C(C)(C)c2ccccc2-3)nc(-c2ccc(F)cc2)c[n+]1C.Cc1ccc(-c2c[n+](C)c(-c3ccc(C)cc3C)c(-c3ccc4c(c3)C(C)(C)c3ccccc3-4)n2)cc1.Cc1ccccc1-c1c(-c2ccc3c(c2)C(C)(C)c2ccccc2-3)nc(-c2ccccc2)c[n+]1C. The van der Waals surface area contributed by atoms with E-state index in [1.807, 2.05) is 55.1 Å². The van der Waals surface area contributed by atoms with Gasteiger partial charge in [-0.3, -0.25) is 0 Å². The fourth-order valence-corrected chi connectivity index (χ4v) is 23.1. The molecular weight excluding hydrogens is 1820 g/mol. The zero-order chi connectivity index (χ0) is 103. The maximum Gasteiger partial charge on any atom is 0.239 e. The standard InChI is InChI=1S/C35H33N2O2.C35H33N2.C33H27F2N2.C33H29N2/c1-22-19-26(39-6)16-18-27(22)34-33(36-32(21-37(34)4)23-11-14-25(38-5)15-12-23)24-13-17-29-28-9-7-8-10-30(28)35(2,3)31(29)20-24;1-22-11-14-25(15-12-22)32-21-37(6)34(27-17-13-23(2)19-24(27)3)33(36-32)26-16-18-29-28-9-7-8-10-30(28)35(4,5)31(29)20-26;1-20-17-24(35)14-16-25(20)32-31(36-30(19-37(32)4)21-9-12-23(34)13-10-21)22-11-15-27-26-7-5-6-8-28(26)33(2,3)29(27)18-22;1-22-12-8-9-15-25(22)32-31(34-30(21-35(32)4)23-13-6-5-7-14-23)24-18-19-27-26-16-10-11-17-28(26)33(2,3)29(27)20-24/h7-21H,1-6H3;7-21H,1-6H3;5-19H,1-4H3;5-21H,1-4H3/q4*+1. The number of methoxy groups -OCH3 is 2. The van der Waals surface area contributed by atoms with Crippen molar-refractivity contribution in [2.24, 2.45) is 28.2 Å². The Morgan fingerprint density at radius 3 is 0.797 bits per heavy atom. The summed E-state index contributed by atoms with van der Waals surface area (Å²) in [6.07, 6.45) is 8.36. The molecule has 0 saturated carbocycles. The first-order valence-corrected chi connectivity index (χ1v) is 50.9. The van der Waals surface area contributed by atoms with Crippen LogP contribution >= 0.6 is 0 Å². The van der Waals surface area contributed by atoms with Crippen LogP contribution in [0.5, 0.6) is 11.5 Å². The lowest BCUT2D eigenvalue weighted by atomic mass is 9.81. The monoisotopic (exact) mass is 1940 g/mol. The van der Waals surface area contributed by atoms with E-state index < -0.39 is 0 Å². The predicted octanol–water partition coefficient (Wildman–Crippen LogP) is 31.0. The molecule has 148 heavy (non-hydrogen) atoms. The van der Waals surface area contributed by atoms with Crippen LogP contribution in [0, 0.1) is 53.2 Å². The largest absolute Gasteiger partial charge is 0.497 e. The highest BCUT2D eigenvalue weighted by Crippen LogP contribution is 2.56. The second kappa shape index (κ2) is 38.7. The van der Waals surface area contributed by atoms with Crippen molar-refractivity contribution in [3.63, 3.8) is 0 Å². The number of nitrogens with zero attached hydrogens (tertiary/aromatic N) is 8. The minimum absolute atomic E-state index is 0.0516. The van der Waals surface area contributed by atoms with E-state index in [1.54, 1.807) is 32.4 Å². The molecule has 728 valence electrons. The van der Waals surface area contributed by atoms with Crippen LogP contribution in [-0.2, 0) is 49.9 Å². The molecule has 0 saturated heterocycles. The second-order valence-electron chi connectivity index (χ2n) is 42.2. The average Bonchev–Trinajstić information content (AvgIpc) is 1.58. The minimum Gasteiger partial charge on any atom is -0.497 e. The molecular formula is C136H122F2N8O2+4. The summed E-state index contributed by atoms with van der Waals surface area (Å²) in [6.45, 7) is 31.2. The molecule has 20 aromatic rings. The summed E-state index contributed by atoms with van der Waals surface area (Å²) in [5.41, 5.74) is 52.5. The van der Waals surface area contributed by atoms with Crippen molar-refractivity contribution in [2.45, 2.75) is 119 Å². The average molecular weight is 1940 g/mol. The van der Waals surface area contributed by atoms with Crippen LogP contribution in [0.15, 0.2) is 377 Å². The molecule has 0 fully saturated rings. The van der Waals surface area contributed by atoms with Crippen LogP contribution in [0.1, 0.15) is 133 Å². The molecule has 0 amide bonds. The smallest absolute Gasteiger partial charge is 0.239 e. The van der Waals surface area contributed by atoms with Gasteiger partial charge in [-0.1, -0.05) is 297 Å². The molecule has 0 bridgehead atoms. The second-order valence-corrected chi connectivity index (χ2v) is 42.2. The van der Waals surface area contributed by atoms with E-state index in [2.05, 4.69) is 429 Å². The van der Waals surface area contributed by atoms with E-state index in [0.29, 0.717) is 0 Å². The Morgan fingerprint density at radius 2 is 0.459 bits per heavy atom. The lowest BCUT2D eigenvalue weighted by Crippen LogP contribution is -2.32. The molecule has 24 rings (SSSR count). The third-order valence-electron chi connectivity index (χ3n) is 31.0. The van der Waals surface area contributed by atoms with Crippen LogP contribution in [0.2, 0.25) is 0 Å². The lowest BCUT2D eigenvalue weighted by Gasteiger charge is -2.22. The molecule has 12 heteroatoms. The highest BCUT2D eigenvalue weighted by atomic mass is 19.1. The third-order valence-corrected chi connectivity index (χ3v) is 31.0. The van der Waals surface area contributed by atoms with Crippen molar-refractivity contribution in [3.05, 3.63) is 466 Å². The Kier molecular flexibility index (Phi) is 25.5. The summed E-state index contributed by atoms with van der Waals surface area (Å²) < 4.78 is 47.3. The number of rotatable bonds is 14. The van der Waals surface area contributed by atoms with E-state index in [1.165, 1.54) is 141 Å². The Balaban J connectivity index is 0.000000116. The molecule has 4 heterocycles. The van der Waals surface area contributed by atoms with Gasteiger partial charge in [-0.15, -0.1) is 0 Å². The van der Waals surface area contributed by atoms with Crippen LogP contribution < -0.4 is 27.7 Å². The Hall–Kier alpha value is -16.7. The molecule has 16 aromatic carbocycles. The zero-order valence-corrected chi connectivity index (χ0v) is 87.9. The summed E-state index contributed by atoms with van der Waals surface area (Å²) in [5.74, 6) is 1.13. The van der Waals surface area contributed by atoms with Crippen molar-refractivity contribution in [1.82, 2.24) is 19.9 Å². The molecule has 0 aliphatic heterocycles. The van der Waals surface area contributed by atoms with Gasteiger partial charge in [-0.05, 0) is 274 Å². The van der Waals surface area contributed by atoms with Gasteiger partial charge in [0.1, 0.15) is 96.9 Å². The van der Waals surface area contributed by atoms with Gasteiger partial charge < -0.3 is 9.47 Å². The van der Waals surface area contributed by atoms with E-state index >= 15 is 0 Å². The summed E-state index contributed by atoms with van der Waals surface area (Å²) in [7, 11) is 11.7. The summed E-state index contributed by atoms with van der Waals surface area (Å²) in [4.78, 5) is 21.1. The quantitative estimate of drug-likeness (QED) is 0.101. The third kappa shape index (κ3) is 17.6. The molecule has 0 spiro atoms. The normalized spacial score (nSPS) is 13.3. The Labute approximate surface area is 868 Å². The molecule has 4 aliphatic carbocycles. The molecule has 4 aromatic heterocycles. The van der Waals surface area contributed by atoms with E-state index in [9.17, 15) is 8.78 Å². The molecule has 10 nitrogen and oxygen atoms in total. The first-order valence-electron chi connectivity index (χ1n) is 50.9. The molecule has 0 radical (unpaired) electrons. The lowest BCUT2D eigenvalue weighted by molar-refractivity contribution is -0.660. The number of fused-ring (bicyclic) bond motifs is 12. The van der Waals surface area contributed by atoms with Crippen molar-refractivity contribution < 1.29 is 36.5 Å². The predicted molar refractivity (Wildman–Crippen MR) is 599 cm³/mol. The van der Waals surface area contributed by atoms with Gasteiger partial charge in [0.05, 0.1) is 36.5 Å². The topological polar surface area (TPSA) is 85.5 Å². The maximum absolute atomic E-state index is 14.0. The van der Waals surface area contributed by atoms with E-state index in [-0.39, 0.29) is 33.3 Å². The maximum atomic E-state index is 14.0. The molecule has 0 atom stereocenters. The van der Waals surface area contributed by atoms with E-state index in [0.717, 1.165) is 147 Å². The van der Waals surface area contributed by atoms with E-state index in [4.69, 9.17) is 29.4 Å². The number of hydrogen-bond acceptors (Lipinski definition) is 6. The van der Waals surface area contributed by atoms with Gasteiger partial charge >= 0.3 is 0 Å². The first-order chi connectivity index (χ1) is 71.2. The molecule has 0 unspecified atom stereocenters.